The molecule has 2 N–H and O–H groups in total. The topological polar surface area (TPSA) is 105 Å². The van der Waals surface area contributed by atoms with Gasteiger partial charge in [-0.1, -0.05) is 6.07 Å². The number of fused-ring (bicyclic) bond motifs is 3. The van der Waals surface area contributed by atoms with E-state index in [1.165, 1.54) is 12.1 Å². The Morgan fingerprint density at radius 3 is 2.38 bits per heavy atom. The van der Waals surface area contributed by atoms with E-state index in [1.54, 1.807) is 6.07 Å². The second kappa shape index (κ2) is 7.36. The summed E-state index contributed by atoms with van der Waals surface area (Å²) in [5.41, 5.74) is 2.83. The van der Waals surface area contributed by atoms with Gasteiger partial charge in [0.1, 0.15) is 5.60 Å². The quantitative estimate of drug-likeness (QED) is 0.720. The summed E-state index contributed by atoms with van der Waals surface area (Å²) in [5, 5.41) is 19.0. The van der Waals surface area contributed by atoms with Crippen LogP contribution in [0.15, 0.2) is 29.3 Å². The summed E-state index contributed by atoms with van der Waals surface area (Å²) in [4.78, 5) is 28.3. The first kappa shape index (κ1) is 21.9. The van der Waals surface area contributed by atoms with Crippen molar-refractivity contribution in [1.29, 1.82) is 0 Å². The molecule has 2 aliphatic heterocycles. The van der Waals surface area contributed by atoms with Crippen LogP contribution in [0.25, 0.3) is 0 Å². The smallest absolute Gasteiger partial charge is 0.336 e. The van der Waals surface area contributed by atoms with E-state index in [1.807, 2.05) is 40.7 Å². The number of carboxylic acids is 2. The fourth-order valence-corrected chi connectivity index (χ4v) is 4.60. The van der Waals surface area contributed by atoms with Crippen molar-refractivity contribution < 1.29 is 29.3 Å². The van der Waals surface area contributed by atoms with Crippen LogP contribution < -0.4 is 9.47 Å². The first-order valence-electron chi connectivity index (χ1n) is 10.6. The highest BCUT2D eigenvalue weighted by molar-refractivity contribution is 6.17. The molecule has 168 valence electrons. The molecule has 7 heteroatoms. The Hall–Kier alpha value is -3.35. The lowest BCUT2D eigenvalue weighted by atomic mass is 9.80. The number of nitrogens with zero attached hydrogens (tertiary/aromatic N) is 1. The minimum Gasteiger partial charge on any atom is -0.490 e. The van der Waals surface area contributed by atoms with E-state index in [9.17, 15) is 19.8 Å². The van der Waals surface area contributed by atoms with Gasteiger partial charge in [0, 0.05) is 23.1 Å². The number of hydrogen-bond acceptors (Lipinski definition) is 5. The molecule has 0 fully saturated rings. The number of hydrogen-bond donors (Lipinski definition) is 2. The molecule has 7 nitrogen and oxygen atoms in total. The monoisotopic (exact) mass is 437 g/mol. The zero-order chi connectivity index (χ0) is 23.4. The van der Waals surface area contributed by atoms with Crippen LogP contribution in [-0.4, -0.2) is 45.6 Å². The van der Waals surface area contributed by atoms with Crippen LogP contribution in [0.2, 0.25) is 0 Å². The van der Waals surface area contributed by atoms with Crippen LogP contribution in [0.5, 0.6) is 11.5 Å². The van der Waals surface area contributed by atoms with Crippen LogP contribution in [0.4, 0.5) is 0 Å². The van der Waals surface area contributed by atoms with Crippen LogP contribution in [0, 0.1) is 0 Å². The van der Waals surface area contributed by atoms with Crippen LogP contribution in [0.3, 0.4) is 0 Å². The summed E-state index contributed by atoms with van der Waals surface area (Å²) in [6, 6.07) is 6.36. The van der Waals surface area contributed by atoms with Crippen molar-refractivity contribution in [3.8, 4) is 11.5 Å². The molecule has 0 atom stereocenters. The maximum absolute atomic E-state index is 11.8. The highest BCUT2D eigenvalue weighted by atomic mass is 16.5. The Morgan fingerprint density at radius 2 is 1.75 bits per heavy atom. The molecule has 4 rings (SSSR count). The maximum atomic E-state index is 11.8. The summed E-state index contributed by atoms with van der Waals surface area (Å²) < 4.78 is 12.1. The van der Waals surface area contributed by atoms with Crippen molar-refractivity contribution in [3.05, 3.63) is 57.6 Å². The highest BCUT2D eigenvalue weighted by Crippen LogP contribution is 2.48. The van der Waals surface area contributed by atoms with E-state index < -0.39 is 23.1 Å². The lowest BCUT2D eigenvalue weighted by Crippen LogP contribution is -2.31. The largest absolute Gasteiger partial charge is 0.490 e. The number of benzene rings is 2. The molecule has 2 aromatic rings. The molecular formula is C25H27NO6. The second-order valence-electron chi connectivity index (χ2n) is 9.51. The normalized spacial score (nSPS) is 17.6. The van der Waals surface area contributed by atoms with Crippen LogP contribution in [0.1, 0.15) is 77.6 Å². The number of aliphatic imine (C=N–C) groups is 1. The van der Waals surface area contributed by atoms with Gasteiger partial charge in [-0.15, -0.1) is 0 Å². The lowest BCUT2D eigenvalue weighted by molar-refractivity contribution is 0.0651. The molecule has 0 amide bonds. The maximum Gasteiger partial charge on any atom is 0.336 e. The molecule has 2 aromatic carbocycles. The van der Waals surface area contributed by atoms with Crippen molar-refractivity contribution in [2.45, 2.75) is 58.6 Å². The predicted octanol–water partition coefficient (Wildman–Crippen LogP) is 4.37. The molecule has 0 spiro atoms. The number of carbonyl (C=O) groups is 2. The van der Waals surface area contributed by atoms with Gasteiger partial charge in [-0.3, -0.25) is 4.99 Å². The van der Waals surface area contributed by atoms with Crippen molar-refractivity contribution in [3.63, 3.8) is 0 Å². The van der Waals surface area contributed by atoms with Crippen molar-refractivity contribution >= 4 is 17.7 Å². The third-order valence-electron chi connectivity index (χ3n) is 5.73. The molecule has 0 unspecified atom stereocenters. The standard InChI is InChI=1S/C25H27NO6/c1-6-31-18-10-14-11-24(2,3)26-20(19(14)17-12-25(4,5)32-21(17)18)13-7-8-15(22(27)28)16(9-13)23(29)30/h7-10H,6,11-12H2,1-5H3,(H,27,28)(H,29,30). The molecule has 0 bridgehead atoms. The highest BCUT2D eigenvalue weighted by Gasteiger charge is 2.40. The summed E-state index contributed by atoms with van der Waals surface area (Å²) in [6.45, 7) is 10.5. The van der Waals surface area contributed by atoms with Crippen molar-refractivity contribution in [1.82, 2.24) is 0 Å². The van der Waals surface area contributed by atoms with Crippen molar-refractivity contribution in [2.24, 2.45) is 4.99 Å². The molecule has 0 saturated heterocycles. The molecule has 0 saturated carbocycles. The second-order valence-corrected chi connectivity index (χ2v) is 9.51. The average molecular weight is 437 g/mol. The minimum absolute atomic E-state index is 0.251. The third-order valence-corrected chi connectivity index (χ3v) is 5.73. The molecular weight excluding hydrogens is 410 g/mol. The predicted molar refractivity (Wildman–Crippen MR) is 120 cm³/mol. The molecule has 2 heterocycles. The molecule has 32 heavy (non-hydrogen) atoms. The van der Waals surface area contributed by atoms with Crippen LogP contribution in [-0.2, 0) is 12.8 Å². The van der Waals surface area contributed by atoms with Gasteiger partial charge in [0.15, 0.2) is 11.5 Å². The van der Waals surface area contributed by atoms with E-state index in [-0.39, 0.29) is 11.1 Å². The molecule has 2 aliphatic rings. The SMILES string of the molecule is CCOc1cc2c(c3c1OC(C)(C)C3)C(c1ccc(C(=O)O)c(C(=O)O)c1)=NC(C)(C)C2. The Labute approximate surface area is 186 Å². The fraction of sp³-hybridized carbons (Fsp3) is 0.400. The lowest BCUT2D eigenvalue weighted by Gasteiger charge is -2.31. The van der Waals surface area contributed by atoms with Gasteiger partial charge in [0.25, 0.3) is 0 Å². The van der Waals surface area contributed by atoms with E-state index >= 15 is 0 Å². The van der Waals surface area contributed by atoms with Gasteiger partial charge in [-0.25, -0.2) is 9.59 Å². The van der Waals surface area contributed by atoms with Crippen molar-refractivity contribution in [2.75, 3.05) is 6.61 Å². The number of carboxylic acid groups (broad SMARTS) is 2. The Balaban J connectivity index is 1.98. The Kier molecular flexibility index (Phi) is 5.03. The third kappa shape index (κ3) is 3.72. The fourth-order valence-electron chi connectivity index (χ4n) is 4.60. The number of rotatable bonds is 5. The number of aromatic carboxylic acids is 2. The zero-order valence-electron chi connectivity index (χ0n) is 18.9. The van der Waals surface area contributed by atoms with E-state index in [4.69, 9.17) is 14.5 Å². The first-order chi connectivity index (χ1) is 14.9. The molecule has 0 aliphatic carbocycles. The van der Waals surface area contributed by atoms with Gasteiger partial charge in [0.2, 0.25) is 0 Å². The van der Waals surface area contributed by atoms with Gasteiger partial charge >= 0.3 is 11.9 Å². The van der Waals surface area contributed by atoms with Crippen LogP contribution >= 0.6 is 0 Å². The van der Waals surface area contributed by atoms with E-state index in [0.717, 1.165) is 16.7 Å². The zero-order valence-corrected chi connectivity index (χ0v) is 18.9. The minimum atomic E-state index is -1.29. The van der Waals surface area contributed by atoms with Gasteiger partial charge in [-0.2, -0.15) is 0 Å². The summed E-state index contributed by atoms with van der Waals surface area (Å²) in [5.74, 6) is -1.17. The van der Waals surface area contributed by atoms with Gasteiger partial charge in [-0.05, 0) is 64.8 Å². The summed E-state index contributed by atoms with van der Waals surface area (Å²) >= 11 is 0. The number of ether oxygens (including phenoxy) is 2. The average Bonchev–Trinajstić information content (AvgIpc) is 3.01. The summed E-state index contributed by atoms with van der Waals surface area (Å²) in [6.07, 6.45) is 1.35. The van der Waals surface area contributed by atoms with E-state index in [2.05, 4.69) is 0 Å². The summed E-state index contributed by atoms with van der Waals surface area (Å²) in [7, 11) is 0. The van der Waals surface area contributed by atoms with Gasteiger partial charge < -0.3 is 19.7 Å². The van der Waals surface area contributed by atoms with Gasteiger partial charge in [0.05, 0.1) is 29.0 Å². The Morgan fingerprint density at radius 1 is 1.06 bits per heavy atom. The molecule has 0 radical (unpaired) electrons. The molecule has 0 aromatic heterocycles. The Bertz CT molecular complexity index is 1180. The first-order valence-corrected chi connectivity index (χ1v) is 10.6. The van der Waals surface area contributed by atoms with E-state index in [0.29, 0.717) is 42.2 Å².